The molecule has 2 aliphatic heterocycles. The van der Waals surface area contributed by atoms with E-state index in [2.05, 4.69) is 85.4 Å². The zero-order valence-electron chi connectivity index (χ0n) is 52.3. The second kappa shape index (κ2) is 36.8. The lowest BCUT2D eigenvalue weighted by Gasteiger charge is -2.31. The van der Waals surface area contributed by atoms with Gasteiger partial charge in [0.15, 0.2) is 5.96 Å². The number of nitrogens with two attached hydrogens (primary N) is 3. The van der Waals surface area contributed by atoms with Crippen LogP contribution in [0.3, 0.4) is 0 Å². The number of amides is 11. The summed E-state index contributed by atoms with van der Waals surface area (Å²) in [6.45, 7) is 9.28. The fourth-order valence-electron chi connectivity index (χ4n) is 10.2. The molecule has 20 N–H and O–H groups in total. The van der Waals surface area contributed by atoms with Crippen molar-refractivity contribution in [3.63, 3.8) is 0 Å². The van der Waals surface area contributed by atoms with Crippen molar-refractivity contribution in [1.29, 1.82) is 0 Å². The molecular weight excluding hydrogens is 1230 g/mol. The number of nitrogens with zero attached hydrogens (tertiary/aromatic N) is 5. The highest BCUT2D eigenvalue weighted by atomic mass is 32.1. The molecule has 2 aromatic rings. The van der Waals surface area contributed by atoms with Gasteiger partial charge in [-0.05, 0) is 77.0 Å². The van der Waals surface area contributed by atoms with Gasteiger partial charge in [-0.15, -0.1) is 0 Å². The Kier molecular flexibility index (Phi) is 30.2. The maximum Gasteiger partial charge on any atom is 0.328 e. The number of hydrogen-bond acceptors (Lipinski definition) is 19. The smallest absolute Gasteiger partial charge is 0.328 e. The number of aliphatic hydroxyl groups excluding tert-OH is 1. The number of H-pyrrole nitrogens is 2. The Morgan fingerprint density at radius 3 is 1.52 bits per heavy atom. The minimum absolute atomic E-state index is 0.0255. The number of carboxylic acids is 2. The number of aliphatic carboxylic acids is 2. The Bertz CT molecular complexity index is 2910. The molecule has 2 saturated heterocycles. The van der Waals surface area contributed by atoms with Crippen LogP contribution in [0.15, 0.2) is 30.0 Å². The average Bonchev–Trinajstić information content (AvgIpc) is 1.66. The van der Waals surface area contributed by atoms with Gasteiger partial charge in [-0.1, -0.05) is 27.7 Å². The van der Waals surface area contributed by atoms with Crippen molar-refractivity contribution in [3.8, 4) is 0 Å². The predicted octanol–water partition coefficient (Wildman–Crippen LogP) is -5.74. The zero-order valence-corrected chi connectivity index (χ0v) is 53.2. The van der Waals surface area contributed by atoms with E-state index in [1.54, 1.807) is 13.8 Å². The van der Waals surface area contributed by atoms with Gasteiger partial charge in [0.05, 0.1) is 31.7 Å². The molecule has 0 bridgehead atoms. The topological polar surface area (TPSA) is 545 Å². The number of carbonyl (C=O) groups excluding carboxylic acids is 11. The normalized spacial score (nSPS) is 17.8. The lowest BCUT2D eigenvalue weighted by molar-refractivity contribution is -0.144. The summed E-state index contributed by atoms with van der Waals surface area (Å²) >= 11 is 4.18. The number of thiol groups is 1. The lowest BCUT2D eigenvalue weighted by atomic mass is 10.0. The first-order valence-electron chi connectivity index (χ1n) is 30.2. The van der Waals surface area contributed by atoms with Gasteiger partial charge in [0.25, 0.3) is 0 Å². The molecule has 2 aromatic heterocycles. The van der Waals surface area contributed by atoms with E-state index in [-0.39, 0.29) is 81.1 Å². The Balaban J connectivity index is 1.54. The van der Waals surface area contributed by atoms with E-state index in [1.807, 2.05) is 13.8 Å². The van der Waals surface area contributed by atoms with Gasteiger partial charge in [-0.25, -0.2) is 14.8 Å². The third-order valence-electron chi connectivity index (χ3n) is 15.0. The SMILES string of the molecule is CC(C)C[C@H](NC(=O)[C@H](CCCN=C(N)N)NC(=O)[C@H](CC(=O)O)NC(=O)[C@@H]1CCCN1C(=O)[C@H](C)NC(=O)[C@@H]1CCCN1C(=O)[C@@H](N)CC(C)C)C(=O)N[C@@H](Cc1cnc[nH]1)C(=O)N[C@@H](Cc1cnc[nH]1)C(=O)N[C@@H](CS)C(=O)N[C@@H](C)C(=O)N[C@@H](CO)C(=O)O. The molecule has 4 heterocycles. The molecule has 2 aliphatic rings. The third kappa shape index (κ3) is 23.7. The van der Waals surface area contributed by atoms with Crippen molar-refractivity contribution in [2.24, 2.45) is 34.0 Å². The molecule has 36 heteroatoms. The van der Waals surface area contributed by atoms with E-state index < -0.39 is 157 Å². The largest absolute Gasteiger partial charge is 0.481 e. The zero-order chi connectivity index (χ0) is 68.5. The van der Waals surface area contributed by atoms with Crippen LogP contribution >= 0.6 is 12.6 Å². The number of aromatic amines is 2. The summed E-state index contributed by atoms with van der Waals surface area (Å²) in [6.07, 6.45) is 5.20. The maximum atomic E-state index is 14.6. The molecule has 0 radical (unpaired) electrons. The molecule has 0 unspecified atom stereocenters. The summed E-state index contributed by atoms with van der Waals surface area (Å²) < 4.78 is 0. The van der Waals surface area contributed by atoms with Gasteiger partial charge in [-0.3, -0.25) is 62.5 Å². The fraction of sp³-hybridized carbons (Fsp3) is 0.643. The van der Waals surface area contributed by atoms with Gasteiger partial charge >= 0.3 is 11.9 Å². The number of aliphatic hydroxyl groups is 1. The highest BCUT2D eigenvalue weighted by molar-refractivity contribution is 7.80. The summed E-state index contributed by atoms with van der Waals surface area (Å²) in [5, 5.41) is 50.9. The number of likely N-dealkylation sites (tertiary alicyclic amines) is 2. The van der Waals surface area contributed by atoms with E-state index in [0.717, 1.165) is 0 Å². The van der Waals surface area contributed by atoms with Crippen LogP contribution in [-0.4, -0.2) is 232 Å². The van der Waals surface area contributed by atoms with E-state index in [0.29, 0.717) is 43.6 Å². The van der Waals surface area contributed by atoms with Crippen LogP contribution < -0.4 is 65.1 Å². The van der Waals surface area contributed by atoms with E-state index in [9.17, 15) is 77.6 Å². The number of carboxylic acid groups (broad SMARTS) is 2. The second-order valence-corrected chi connectivity index (χ2v) is 23.8. The second-order valence-electron chi connectivity index (χ2n) is 23.4. The Morgan fingerprint density at radius 2 is 1.04 bits per heavy atom. The van der Waals surface area contributed by atoms with Gasteiger partial charge in [-0.2, -0.15) is 12.6 Å². The summed E-state index contributed by atoms with van der Waals surface area (Å²) in [5.41, 5.74) is 17.9. The van der Waals surface area contributed by atoms with Gasteiger partial charge in [0, 0.05) is 62.0 Å². The van der Waals surface area contributed by atoms with Crippen molar-refractivity contribution in [3.05, 3.63) is 36.4 Å². The first kappa shape index (κ1) is 75.5. The Labute approximate surface area is 536 Å². The summed E-state index contributed by atoms with van der Waals surface area (Å²) in [4.78, 5) is 196. The summed E-state index contributed by atoms with van der Waals surface area (Å²) in [7, 11) is 0. The molecular formula is C56H89N19O16S. The molecule has 92 heavy (non-hydrogen) atoms. The van der Waals surface area contributed by atoms with Crippen LogP contribution in [0.5, 0.6) is 0 Å². The van der Waals surface area contributed by atoms with E-state index in [1.165, 1.54) is 48.7 Å². The number of carbonyl (C=O) groups is 13. The van der Waals surface area contributed by atoms with Crippen LogP contribution in [0.4, 0.5) is 0 Å². The van der Waals surface area contributed by atoms with Crippen molar-refractivity contribution in [1.82, 2.24) is 77.6 Å². The number of hydrogen-bond donors (Lipinski definition) is 18. The maximum absolute atomic E-state index is 14.6. The first-order chi connectivity index (χ1) is 43.4. The first-order valence-corrected chi connectivity index (χ1v) is 30.8. The molecule has 11 amide bonds. The molecule has 0 aromatic carbocycles. The summed E-state index contributed by atoms with van der Waals surface area (Å²) in [5.74, 6) is -13.3. The molecule has 2 fully saturated rings. The average molecular weight is 1320 g/mol. The number of guanidine groups is 1. The number of aliphatic imine (C=N–C) groups is 1. The molecule has 4 rings (SSSR count). The van der Waals surface area contributed by atoms with Gasteiger partial charge < -0.3 is 100 Å². The van der Waals surface area contributed by atoms with Crippen LogP contribution in [0.1, 0.15) is 111 Å². The van der Waals surface area contributed by atoms with Gasteiger partial charge in [0.2, 0.25) is 65.0 Å². The third-order valence-corrected chi connectivity index (χ3v) is 15.3. The molecule has 35 nitrogen and oxygen atoms in total. The van der Waals surface area contributed by atoms with Crippen molar-refractivity contribution >= 4 is 95.5 Å². The highest BCUT2D eigenvalue weighted by Crippen LogP contribution is 2.22. The molecule has 12 atom stereocenters. The molecule has 0 saturated carbocycles. The number of imidazole rings is 2. The minimum atomic E-state index is -1.85. The van der Waals surface area contributed by atoms with E-state index >= 15 is 0 Å². The Morgan fingerprint density at radius 1 is 0.587 bits per heavy atom. The fourth-order valence-corrected chi connectivity index (χ4v) is 10.5. The van der Waals surface area contributed by atoms with Crippen LogP contribution in [0.2, 0.25) is 0 Å². The van der Waals surface area contributed by atoms with Crippen molar-refractivity contribution in [2.45, 2.75) is 185 Å². The predicted molar refractivity (Wildman–Crippen MR) is 330 cm³/mol. The monoisotopic (exact) mass is 1320 g/mol. The van der Waals surface area contributed by atoms with Crippen LogP contribution in [-0.2, 0) is 75.2 Å². The molecule has 0 spiro atoms. The minimum Gasteiger partial charge on any atom is -0.481 e. The highest BCUT2D eigenvalue weighted by Gasteiger charge is 2.42. The van der Waals surface area contributed by atoms with Crippen LogP contribution in [0, 0.1) is 11.8 Å². The quantitative estimate of drug-likeness (QED) is 0.0130. The number of rotatable bonds is 37. The number of aromatic nitrogens is 4. The molecule has 0 aliphatic carbocycles. The molecule has 510 valence electrons. The number of nitrogens with one attached hydrogen (secondary N) is 11. The summed E-state index contributed by atoms with van der Waals surface area (Å²) in [6, 6.07) is -16.5. The van der Waals surface area contributed by atoms with Crippen LogP contribution in [0.25, 0.3) is 0 Å². The van der Waals surface area contributed by atoms with Crippen molar-refractivity contribution < 1.29 is 77.6 Å². The standard InChI is InChI=1S/C56H89N19O16S/c1-27(2)16-33(57)54(89)75-15-9-11-41(75)51(86)66-30(6)53(88)74-14-8-12-42(74)52(87)71-38(20-43(77)78)49(84)67-34(10-7-13-62-56(58)59)45(80)68-35(17-28(3)4)46(81)69-36(18-31-21-60-25-63-31)47(82)70-37(19-32-22-61-26-64-32)48(83)73-40(24-92)50(85)65-29(5)44(79)72-39(23-76)55(90)91/h21-22,25-30,33-42,76,92H,7-20,23-24,57H2,1-6H3,(H,60,63)(H,61,64)(H,65,85)(H,66,86)(H,67,84)(H,68,80)(H,69,81)(H,70,82)(H,71,87)(H,72,79)(H,73,83)(H,77,78)(H,90,91)(H4,58,59,62)/t29-,30-,33-,34-,35-,36-,37-,38-,39-,40-,41-,42-/m0/s1. The lowest BCUT2D eigenvalue weighted by Crippen LogP contribution is -2.61. The van der Waals surface area contributed by atoms with E-state index in [4.69, 9.17) is 17.2 Å². The Hall–Kier alpha value is -8.93. The van der Waals surface area contributed by atoms with Crippen molar-refractivity contribution in [2.75, 3.05) is 32.0 Å². The van der Waals surface area contributed by atoms with Gasteiger partial charge in [0.1, 0.15) is 66.5 Å².